The monoisotopic (exact) mass is 245 g/mol. The fraction of sp³-hybridized carbons (Fsp3) is 0.308. The molecule has 0 atom stereocenters. The lowest BCUT2D eigenvalue weighted by Gasteiger charge is -2.18. The van der Waals surface area contributed by atoms with Crippen molar-refractivity contribution in [1.29, 1.82) is 0 Å². The van der Waals surface area contributed by atoms with Gasteiger partial charge in [-0.2, -0.15) is 0 Å². The summed E-state index contributed by atoms with van der Waals surface area (Å²) in [6.07, 6.45) is 2.08. The van der Waals surface area contributed by atoms with Gasteiger partial charge in [0.05, 0.1) is 5.69 Å². The number of rotatable bonds is 0. The van der Waals surface area contributed by atoms with Gasteiger partial charge in [0.15, 0.2) is 0 Å². The molecule has 1 aliphatic heterocycles. The van der Waals surface area contributed by atoms with Gasteiger partial charge >= 0.3 is 0 Å². The zero-order valence-electron chi connectivity index (χ0n) is 10.4. The molecule has 1 aromatic carbocycles. The third kappa shape index (κ3) is 2.40. The molecule has 94 valence electrons. The average Bonchev–Trinajstić information content (AvgIpc) is 2.71. The summed E-state index contributed by atoms with van der Waals surface area (Å²) in [6.45, 7) is 3.08. The number of aromatic nitrogens is 3. The third-order valence-corrected chi connectivity index (χ3v) is 2.74. The van der Waals surface area contributed by atoms with Crippen molar-refractivity contribution in [3.05, 3.63) is 41.5 Å². The lowest BCUT2D eigenvalue weighted by Crippen LogP contribution is -2.12. The number of aliphatic carboxylic acids is 1. The molecule has 1 aromatic heterocycles. The topological polar surface area (TPSA) is 68.0 Å². The summed E-state index contributed by atoms with van der Waals surface area (Å²) in [5, 5.41) is 15.7. The Labute approximate surface area is 105 Å². The fourth-order valence-electron chi connectivity index (χ4n) is 2.07. The minimum absolute atomic E-state index is 0.833. The van der Waals surface area contributed by atoms with Gasteiger partial charge in [-0.05, 0) is 25.0 Å². The van der Waals surface area contributed by atoms with Gasteiger partial charge in [0.25, 0.3) is 5.97 Å². The predicted molar refractivity (Wildman–Crippen MR) is 66.8 cm³/mol. The third-order valence-electron chi connectivity index (χ3n) is 2.74. The maximum atomic E-state index is 9.00. The van der Waals surface area contributed by atoms with Crippen molar-refractivity contribution >= 4 is 5.97 Å². The van der Waals surface area contributed by atoms with E-state index in [2.05, 4.69) is 39.0 Å². The van der Waals surface area contributed by atoms with E-state index in [1.807, 2.05) is 6.92 Å². The van der Waals surface area contributed by atoms with Crippen LogP contribution in [0.15, 0.2) is 24.3 Å². The van der Waals surface area contributed by atoms with Crippen LogP contribution in [-0.4, -0.2) is 25.8 Å². The van der Waals surface area contributed by atoms with E-state index in [-0.39, 0.29) is 0 Å². The zero-order valence-corrected chi connectivity index (χ0v) is 10.4. The zero-order chi connectivity index (χ0) is 13.1. The van der Waals surface area contributed by atoms with Crippen molar-refractivity contribution in [2.45, 2.75) is 26.7 Å². The Bertz CT molecular complexity index is 571. The first-order chi connectivity index (χ1) is 8.59. The SMILES string of the molecule is CC(=O)O.Cc1nnc2n1-c1ccccc1CC2. The molecular formula is C13H15N3O2. The number of aryl methyl sites for hydroxylation is 3. The maximum Gasteiger partial charge on any atom is 0.300 e. The van der Waals surface area contributed by atoms with Crippen LogP contribution in [0.3, 0.4) is 0 Å². The molecule has 0 saturated heterocycles. The summed E-state index contributed by atoms with van der Waals surface area (Å²) in [7, 11) is 0. The smallest absolute Gasteiger partial charge is 0.300 e. The molecular weight excluding hydrogens is 230 g/mol. The Morgan fingerprint density at radius 3 is 2.67 bits per heavy atom. The molecule has 0 fully saturated rings. The summed E-state index contributed by atoms with van der Waals surface area (Å²) in [6, 6.07) is 8.46. The highest BCUT2D eigenvalue weighted by atomic mass is 16.4. The number of hydrogen-bond donors (Lipinski definition) is 1. The minimum atomic E-state index is -0.833. The van der Waals surface area contributed by atoms with Crippen molar-refractivity contribution in [2.24, 2.45) is 0 Å². The number of carboxylic acid groups (broad SMARTS) is 1. The molecule has 5 nitrogen and oxygen atoms in total. The first kappa shape index (κ1) is 12.3. The van der Waals surface area contributed by atoms with Gasteiger partial charge in [0, 0.05) is 13.3 Å². The molecule has 2 heterocycles. The number of carboxylic acids is 1. The van der Waals surface area contributed by atoms with Crippen LogP contribution in [0.2, 0.25) is 0 Å². The van der Waals surface area contributed by atoms with E-state index in [9.17, 15) is 0 Å². The Balaban J connectivity index is 0.000000267. The molecule has 3 rings (SSSR count). The maximum absolute atomic E-state index is 9.00. The summed E-state index contributed by atoms with van der Waals surface area (Å²) in [5.41, 5.74) is 2.64. The molecule has 2 aromatic rings. The van der Waals surface area contributed by atoms with Gasteiger partial charge in [-0.3, -0.25) is 9.36 Å². The summed E-state index contributed by atoms with van der Waals surface area (Å²) < 4.78 is 2.15. The number of carbonyl (C=O) groups is 1. The standard InChI is InChI=1S/C11H11N3.C2H4O2/c1-8-12-13-11-7-6-9-4-2-3-5-10(9)14(8)11;1-2(3)4/h2-5H,6-7H2,1H3;1H3,(H,3,4). The number of benzene rings is 1. The molecule has 1 N–H and O–H groups in total. The van der Waals surface area contributed by atoms with Crippen LogP contribution >= 0.6 is 0 Å². The van der Waals surface area contributed by atoms with Gasteiger partial charge < -0.3 is 5.11 Å². The fourth-order valence-corrected chi connectivity index (χ4v) is 2.07. The van der Waals surface area contributed by atoms with E-state index in [1.165, 1.54) is 11.3 Å². The van der Waals surface area contributed by atoms with Crippen molar-refractivity contribution in [1.82, 2.24) is 14.8 Å². The van der Waals surface area contributed by atoms with Crippen LogP contribution in [0.25, 0.3) is 5.69 Å². The predicted octanol–water partition coefficient (Wildman–Crippen LogP) is 1.77. The Kier molecular flexibility index (Phi) is 3.41. The largest absolute Gasteiger partial charge is 0.481 e. The van der Waals surface area contributed by atoms with Crippen molar-refractivity contribution in [2.75, 3.05) is 0 Å². The van der Waals surface area contributed by atoms with E-state index < -0.39 is 5.97 Å². The van der Waals surface area contributed by atoms with Crippen LogP contribution in [0, 0.1) is 6.92 Å². The lowest BCUT2D eigenvalue weighted by atomic mass is 10.0. The second-order valence-corrected chi connectivity index (χ2v) is 4.15. The normalized spacial score (nSPS) is 11.9. The second kappa shape index (κ2) is 5.00. The number of nitrogens with zero attached hydrogens (tertiary/aromatic N) is 3. The molecule has 18 heavy (non-hydrogen) atoms. The number of hydrogen-bond acceptors (Lipinski definition) is 3. The van der Waals surface area contributed by atoms with E-state index in [1.54, 1.807) is 0 Å². The molecule has 0 saturated carbocycles. The summed E-state index contributed by atoms with van der Waals surface area (Å²) in [4.78, 5) is 9.00. The Morgan fingerprint density at radius 1 is 1.28 bits per heavy atom. The lowest BCUT2D eigenvalue weighted by molar-refractivity contribution is -0.134. The van der Waals surface area contributed by atoms with Crippen molar-refractivity contribution < 1.29 is 9.90 Å². The highest BCUT2D eigenvalue weighted by Crippen LogP contribution is 2.24. The molecule has 1 aliphatic rings. The highest BCUT2D eigenvalue weighted by molar-refractivity contribution is 5.62. The molecule has 5 heteroatoms. The van der Waals surface area contributed by atoms with E-state index >= 15 is 0 Å². The molecule has 0 spiro atoms. The summed E-state index contributed by atoms with van der Waals surface area (Å²) >= 11 is 0. The van der Waals surface area contributed by atoms with Crippen LogP contribution in [0.1, 0.15) is 24.1 Å². The van der Waals surface area contributed by atoms with E-state index in [4.69, 9.17) is 9.90 Å². The highest BCUT2D eigenvalue weighted by Gasteiger charge is 2.18. The van der Waals surface area contributed by atoms with E-state index in [0.717, 1.165) is 31.4 Å². The van der Waals surface area contributed by atoms with Gasteiger partial charge in [-0.1, -0.05) is 18.2 Å². The average molecular weight is 245 g/mol. The van der Waals surface area contributed by atoms with Crippen molar-refractivity contribution in [3.8, 4) is 5.69 Å². The Hall–Kier alpha value is -2.17. The second-order valence-electron chi connectivity index (χ2n) is 4.15. The van der Waals surface area contributed by atoms with Crippen LogP contribution < -0.4 is 0 Å². The van der Waals surface area contributed by atoms with Gasteiger partial charge in [0.2, 0.25) is 0 Å². The van der Waals surface area contributed by atoms with Crippen LogP contribution in [-0.2, 0) is 17.6 Å². The van der Waals surface area contributed by atoms with Crippen molar-refractivity contribution in [3.63, 3.8) is 0 Å². The minimum Gasteiger partial charge on any atom is -0.481 e. The van der Waals surface area contributed by atoms with Gasteiger partial charge in [-0.25, -0.2) is 0 Å². The van der Waals surface area contributed by atoms with Gasteiger partial charge in [0.1, 0.15) is 11.6 Å². The Morgan fingerprint density at radius 2 is 1.94 bits per heavy atom. The summed E-state index contributed by atoms with van der Waals surface area (Å²) in [5.74, 6) is 1.23. The van der Waals surface area contributed by atoms with Crippen LogP contribution in [0.5, 0.6) is 0 Å². The first-order valence-electron chi connectivity index (χ1n) is 5.78. The molecule has 0 amide bonds. The number of fused-ring (bicyclic) bond motifs is 3. The first-order valence-corrected chi connectivity index (χ1v) is 5.78. The molecule has 0 aliphatic carbocycles. The molecule has 0 bridgehead atoms. The van der Waals surface area contributed by atoms with E-state index in [0.29, 0.717) is 0 Å². The molecule has 0 radical (unpaired) electrons. The molecule has 0 unspecified atom stereocenters. The van der Waals surface area contributed by atoms with Crippen LogP contribution in [0.4, 0.5) is 0 Å². The quantitative estimate of drug-likeness (QED) is 0.768. The number of para-hydroxylation sites is 1. The van der Waals surface area contributed by atoms with Gasteiger partial charge in [-0.15, -0.1) is 10.2 Å².